The number of carbonyl (C=O) groups is 1. The van der Waals surface area contributed by atoms with Gasteiger partial charge in [-0.2, -0.15) is 0 Å². The van der Waals surface area contributed by atoms with Gasteiger partial charge in [0.15, 0.2) is 0 Å². The van der Waals surface area contributed by atoms with Gasteiger partial charge in [-0.3, -0.25) is 0 Å². The van der Waals surface area contributed by atoms with Crippen LogP contribution in [0.3, 0.4) is 0 Å². The van der Waals surface area contributed by atoms with Gasteiger partial charge >= 0.3 is 5.97 Å². The van der Waals surface area contributed by atoms with E-state index in [-0.39, 0.29) is 12.1 Å². The second-order valence-corrected chi connectivity index (χ2v) is 4.98. The van der Waals surface area contributed by atoms with Crippen LogP contribution in [0.25, 0.3) is 0 Å². The zero-order valence-electron chi connectivity index (χ0n) is 11.9. The molecule has 1 aliphatic rings. The maximum absolute atomic E-state index is 12.0. The quantitative estimate of drug-likeness (QED) is 0.771. The highest BCUT2D eigenvalue weighted by Crippen LogP contribution is 2.14. The first kappa shape index (κ1) is 14.1. The largest absolute Gasteiger partial charge is 0.461 e. The van der Waals surface area contributed by atoms with E-state index >= 15 is 0 Å². The fourth-order valence-corrected chi connectivity index (χ4v) is 2.41. The molecule has 0 spiro atoms. The first-order chi connectivity index (χ1) is 9.11. The van der Waals surface area contributed by atoms with E-state index in [1.807, 2.05) is 30.7 Å². The van der Waals surface area contributed by atoms with Gasteiger partial charge in [0, 0.05) is 19.3 Å². The van der Waals surface area contributed by atoms with Crippen molar-refractivity contribution in [1.82, 2.24) is 9.47 Å². The summed E-state index contributed by atoms with van der Waals surface area (Å²) >= 11 is 0. The Kier molecular flexibility index (Phi) is 4.61. The average Bonchev–Trinajstić information content (AvgIpc) is 2.71. The molecule has 1 aromatic rings. The second kappa shape index (κ2) is 6.21. The molecular weight excluding hydrogens is 244 g/mol. The van der Waals surface area contributed by atoms with Gasteiger partial charge in [-0.05, 0) is 32.5 Å². The van der Waals surface area contributed by atoms with Gasteiger partial charge < -0.3 is 18.9 Å². The van der Waals surface area contributed by atoms with Crippen LogP contribution in [0.2, 0.25) is 0 Å². The zero-order chi connectivity index (χ0) is 13.8. The third-order valence-electron chi connectivity index (χ3n) is 3.38. The molecule has 0 N–H and O–H groups in total. The highest BCUT2D eigenvalue weighted by Gasteiger charge is 2.22. The van der Waals surface area contributed by atoms with Crippen molar-refractivity contribution in [2.24, 2.45) is 0 Å². The monoisotopic (exact) mass is 266 g/mol. The molecular formula is C14H22N2O3. The van der Waals surface area contributed by atoms with Crippen molar-refractivity contribution in [1.29, 1.82) is 0 Å². The lowest BCUT2D eigenvalue weighted by atomic mass is 10.2. The first-order valence-corrected chi connectivity index (χ1v) is 6.74. The lowest BCUT2D eigenvalue weighted by Crippen LogP contribution is -2.42. The molecule has 2 rings (SSSR count). The van der Waals surface area contributed by atoms with E-state index in [4.69, 9.17) is 9.47 Å². The summed E-state index contributed by atoms with van der Waals surface area (Å²) in [5.74, 6) is -0.255. The minimum atomic E-state index is -0.255. The van der Waals surface area contributed by atoms with E-state index in [1.165, 1.54) is 0 Å². The Morgan fingerprint density at radius 2 is 2.37 bits per heavy atom. The summed E-state index contributed by atoms with van der Waals surface area (Å²) in [6.45, 7) is 7.43. The summed E-state index contributed by atoms with van der Waals surface area (Å²) in [4.78, 5) is 14.2. The van der Waals surface area contributed by atoms with Gasteiger partial charge in [0.1, 0.15) is 5.69 Å². The predicted octanol–water partition coefficient (Wildman–Crippen LogP) is 1.30. The maximum atomic E-state index is 12.0. The van der Waals surface area contributed by atoms with Crippen LogP contribution in [0.15, 0.2) is 12.3 Å². The summed E-state index contributed by atoms with van der Waals surface area (Å²) in [5.41, 5.74) is 1.58. The SMILES string of the molecule is CCOC(=O)c1c(C)ccn1CC1CN(C)CCO1. The highest BCUT2D eigenvalue weighted by molar-refractivity contribution is 5.89. The molecule has 0 aliphatic carbocycles. The second-order valence-electron chi connectivity index (χ2n) is 4.98. The van der Waals surface area contributed by atoms with Crippen molar-refractivity contribution in [3.63, 3.8) is 0 Å². The Balaban J connectivity index is 2.09. The Hall–Kier alpha value is -1.33. The third kappa shape index (κ3) is 3.36. The number of likely N-dealkylation sites (N-methyl/N-ethyl adjacent to an activating group) is 1. The number of hydrogen-bond donors (Lipinski definition) is 0. The van der Waals surface area contributed by atoms with Crippen LogP contribution in [-0.4, -0.2) is 54.9 Å². The van der Waals surface area contributed by atoms with Crippen LogP contribution in [0.5, 0.6) is 0 Å². The van der Waals surface area contributed by atoms with Crippen LogP contribution >= 0.6 is 0 Å². The maximum Gasteiger partial charge on any atom is 0.355 e. The molecule has 1 saturated heterocycles. The van der Waals surface area contributed by atoms with Crippen LogP contribution in [-0.2, 0) is 16.0 Å². The van der Waals surface area contributed by atoms with Gasteiger partial charge in [-0.25, -0.2) is 4.79 Å². The van der Waals surface area contributed by atoms with Gasteiger partial charge in [0.05, 0.1) is 25.9 Å². The summed E-state index contributed by atoms with van der Waals surface area (Å²) < 4.78 is 12.8. The molecule has 2 heterocycles. The van der Waals surface area contributed by atoms with Crippen LogP contribution < -0.4 is 0 Å². The number of rotatable bonds is 4. The number of aromatic nitrogens is 1. The molecule has 1 atom stereocenters. The van der Waals surface area contributed by atoms with Crippen LogP contribution in [0.1, 0.15) is 23.0 Å². The number of nitrogens with zero attached hydrogens (tertiary/aromatic N) is 2. The van der Waals surface area contributed by atoms with Gasteiger partial charge in [-0.15, -0.1) is 0 Å². The molecule has 1 unspecified atom stereocenters. The van der Waals surface area contributed by atoms with Crippen molar-refractivity contribution in [3.8, 4) is 0 Å². The Morgan fingerprint density at radius 1 is 1.58 bits per heavy atom. The number of carbonyl (C=O) groups excluding carboxylic acids is 1. The molecule has 19 heavy (non-hydrogen) atoms. The standard InChI is InChI=1S/C14H22N2O3/c1-4-18-14(17)13-11(2)5-6-16(13)10-12-9-15(3)7-8-19-12/h5-6,12H,4,7-10H2,1-3H3. The lowest BCUT2D eigenvalue weighted by molar-refractivity contribution is -0.0278. The fraction of sp³-hybridized carbons (Fsp3) is 0.643. The molecule has 0 aromatic carbocycles. The van der Waals surface area contributed by atoms with E-state index in [0.29, 0.717) is 18.8 Å². The van der Waals surface area contributed by atoms with E-state index in [1.54, 1.807) is 0 Å². The molecule has 1 aromatic heterocycles. The van der Waals surface area contributed by atoms with E-state index < -0.39 is 0 Å². The Morgan fingerprint density at radius 3 is 3.05 bits per heavy atom. The summed E-state index contributed by atoms with van der Waals surface area (Å²) in [6, 6.07) is 1.94. The van der Waals surface area contributed by atoms with E-state index in [2.05, 4.69) is 11.9 Å². The minimum Gasteiger partial charge on any atom is -0.461 e. The van der Waals surface area contributed by atoms with Crippen LogP contribution in [0.4, 0.5) is 0 Å². The number of hydrogen-bond acceptors (Lipinski definition) is 4. The number of morpholine rings is 1. The lowest BCUT2D eigenvalue weighted by Gasteiger charge is -2.30. The average molecular weight is 266 g/mol. The smallest absolute Gasteiger partial charge is 0.355 e. The first-order valence-electron chi connectivity index (χ1n) is 6.74. The molecule has 5 nitrogen and oxygen atoms in total. The van der Waals surface area contributed by atoms with E-state index in [9.17, 15) is 4.79 Å². The van der Waals surface area contributed by atoms with Crippen LogP contribution in [0, 0.1) is 6.92 Å². The molecule has 1 aliphatic heterocycles. The molecule has 106 valence electrons. The molecule has 5 heteroatoms. The summed E-state index contributed by atoms with van der Waals surface area (Å²) in [5, 5.41) is 0. The Bertz CT molecular complexity index is 442. The molecule has 0 radical (unpaired) electrons. The minimum absolute atomic E-state index is 0.124. The van der Waals surface area contributed by atoms with Crippen molar-refractivity contribution in [2.75, 3.05) is 33.4 Å². The van der Waals surface area contributed by atoms with Crippen molar-refractivity contribution in [3.05, 3.63) is 23.5 Å². The van der Waals surface area contributed by atoms with E-state index in [0.717, 1.165) is 25.3 Å². The Labute approximate surface area is 114 Å². The number of ether oxygens (including phenoxy) is 2. The van der Waals surface area contributed by atoms with Gasteiger partial charge in [0.25, 0.3) is 0 Å². The van der Waals surface area contributed by atoms with Gasteiger partial charge in [0.2, 0.25) is 0 Å². The van der Waals surface area contributed by atoms with Crippen molar-refractivity contribution < 1.29 is 14.3 Å². The molecule has 1 fully saturated rings. The normalized spacial score (nSPS) is 20.5. The number of aryl methyl sites for hydroxylation is 1. The topological polar surface area (TPSA) is 43.7 Å². The third-order valence-corrected chi connectivity index (χ3v) is 3.38. The number of esters is 1. The van der Waals surface area contributed by atoms with Crippen molar-refractivity contribution >= 4 is 5.97 Å². The van der Waals surface area contributed by atoms with Gasteiger partial charge in [-0.1, -0.05) is 0 Å². The molecule has 0 saturated carbocycles. The fourth-order valence-electron chi connectivity index (χ4n) is 2.41. The molecule has 0 bridgehead atoms. The molecule has 0 amide bonds. The predicted molar refractivity (Wildman–Crippen MR) is 72.4 cm³/mol. The van der Waals surface area contributed by atoms with Crippen molar-refractivity contribution in [2.45, 2.75) is 26.5 Å². The summed E-state index contributed by atoms with van der Waals surface area (Å²) in [6.07, 6.45) is 2.05. The summed E-state index contributed by atoms with van der Waals surface area (Å²) in [7, 11) is 2.09. The zero-order valence-corrected chi connectivity index (χ0v) is 11.9. The highest BCUT2D eigenvalue weighted by atomic mass is 16.5.